The predicted molar refractivity (Wildman–Crippen MR) is 94.8 cm³/mol. The minimum atomic E-state index is 0.00392. The average Bonchev–Trinajstić information content (AvgIpc) is 3.26. The predicted octanol–water partition coefficient (Wildman–Crippen LogP) is 2.99. The molecule has 1 amide bonds. The number of benzene rings is 1. The van der Waals surface area contributed by atoms with E-state index in [-0.39, 0.29) is 12.5 Å². The number of carbonyl (C=O) groups excluding carboxylic acids is 1. The summed E-state index contributed by atoms with van der Waals surface area (Å²) >= 11 is 1.47. The van der Waals surface area contributed by atoms with Crippen molar-refractivity contribution in [1.29, 1.82) is 0 Å². The van der Waals surface area contributed by atoms with E-state index in [0.29, 0.717) is 12.6 Å². The first-order valence-electron chi connectivity index (χ1n) is 8.15. The summed E-state index contributed by atoms with van der Waals surface area (Å²) in [5.41, 5.74) is 1.91. The zero-order valence-corrected chi connectivity index (χ0v) is 14.3. The van der Waals surface area contributed by atoms with Crippen molar-refractivity contribution in [2.45, 2.75) is 25.8 Å². The zero-order valence-electron chi connectivity index (χ0n) is 13.5. The number of aliphatic hydroxyl groups excluding tert-OH is 1. The Bertz CT molecular complexity index is 880. The molecule has 0 spiro atoms. The number of nitrogens with zero attached hydrogens (tertiary/aromatic N) is 3. The van der Waals surface area contributed by atoms with Crippen LogP contribution in [0, 0.1) is 6.92 Å². The fraction of sp³-hybridized carbons (Fsp3) is 0.333. The maximum absolute atomic E-state index is 12.8. The lowest BCUT2D eigenvalue weighted by molar-refractivity contribution is 0.0712. The van der Waals surface area contributed by atoms with E-state index in [2.05, 4.69) is 5.10 Å². The second-order valence-electron chi connectivity index (χ2n) is 6.12. The van der Waals surface area contributed by atoms with Crippen LogP contribution in [-0.2, 0) is 0 Å². The zero-order chi connectivity index (χ0) is 16.7. The van der Waals surface area contributed by atoms with Crippen molar-refractivity contribution in [3.8, 4) is 5.69 Å². The third kappa shape index (κ3) is 2.61. The van der Waals surface area contributed by atoms with Crippen LogP contribution in [0.3, 0.4) is 0 Å². The number of hydrogen-bond acceptors (Lipinski definition) is 4. The van der Waals surface area contributed by atoms with Crippen molar-refractivity contribution >= 4 is 27.5 Å². The van der Waals surface area contributed by atoms with E-state index in [4.69, 9.17) is 0 Å². The summed E-state index contributed by atoms with van der Waals surface area (Å²) in [7, 11) is 0. The molecule has 0 radical (unpaired) electrons. The number of aryl methyl sites for hydroxylation is 1. The number of rotatable bonds is 5. The Morgan fingerprint density at radius 1 is 1.38 bits per heavy atom. The van der Waals surface area contributed by atoms with Gasteiger partial charge in [0, 0.05) is 18.0 Å². The van der Waals surface area contributed by atoms with Crippen LogP contribution in [0.4, 0.5) is 0 Å². The highest BCUT2D eigenvalue weighted by Gasteiger charge is 2.33. The van der Waals surface area contributed by atoms with Gasteiger partial charge < -0.3 is 10.0 Å². The number of amides is 1. The van der Waals surface area contributed by atoms with E-state index in [9.17, 15) is 9.90 Å². The van der Waals surface area contributed by atoms with Gasteiger partial charge in [0.15, 0.2) is 0 Å². The van der Waals surface area contributed by atoms with E-state index in [1.807, 2.05) is 48.0 Å². The first kappa shape index (κ1) is 15.4. The van der Waals surface area contributed by atoms with Gasteiger partial charge in [-0.2, -0.15) is 5.10 Å². The van der Waals surface area contributed by atoms with Crippen LogP contribution in [-0.4, -0.2) is 44.9 Å². The smallest absolute Gasteiger partial charge is 0.264 e. The summed E-state index contributed by atoms with van der Waals surface area (Å²) in [4.78, 5) is 16.4. The molecule has 124 valence electrons. The lowest BCUT2D eigenvalue weighted by Gasteiger charge is -2.20. The Kier molecular flexibility index (Phi) is 3.86. The van der Waals surface area contributed by atoms with Crippen LogP contribution in [0.2, 0.25) is 0 Å². The molecule has 0 saturated heterocycles. The van der Waals surface area contributed by atoms with Gasteiger partial charge >= 0.3 is 0 Å². The topological polar surface area (TPSA) is 58.4 Å². The standard InChI is InChI=1S/C18H19N3O2S/c1-12-15-11-16(17(23)20(9-10-22)13-7-8-13)24-18(15)21(19-12)14-5-3-2-4-6-14/h2-6,11,13,22H,7-10H2,1H3. The summed E-state index contributed by atoms with van der Waals surface area (Å²) in [6, 6.07) is 12.2. The number of carbonyl (C=O) groups is 1. The molecule has 1 saturated carbocycles. The number of para-hydroxylation sites is 1. The van der Waals surface area contributed by atoms with Gasteiger partial charge in [0.25, 0.3) is 5.91 Å². The molecule has 0 bridgehead atoms. The molecule has 2 heterocycles. The monoisotopic (exact) mass is 341 g/mol. The van der Waals surface area contributed by atoms with Crippen molar-refractivity contribution in [3.05, 3.63) is 47.0 Å². The third-order valence-corrected chi connectivity index (χ3v) is 5.44. The van der Waals surface area contributed by atoms with Crippen LogP contribution in [0.15, 0.2) is 36.4 Å². The highest BCUT2D eigenvalue weighted by Crippen LogP contribution is 2.33. The summed E-state index contributed by atoms with van der Waals surface area (Å²) in [5.74, 6) is 0.0201. The molecular formula is C18H19N3O2S. The van der Waals surface area contributed by atoms with Gasteiger partial charge in [-0.05, 0) is 38.0 Å². The summed E-state index contributed by atoms with van der Waals surface area (Å²) in [6.45, 7) is 2.38. The Morgan fingerprint density at radius 2 is 2.12 bits per heavy atom. The normalized spacial score (nSPS) is 14.2. The van der Waals surface area contributed by atoms with Gasteiger partial charge in [0.1, 0.15) is 4.83 Å². The molecule has 5 nitrogen and oxygen atoms in total. The molecule has 6 heteroatoms. The fourth-order valence-corrected chi connectivity index (χ4v) is 4.12. The van der Waals surface area contributed by atoms with Crippen molar-refractivity contribution in [2.75, 3.05) is 13.2 Å². The summed E-state index contributed by atoms with van der Waals surface area (Å²) < 4.78 is 1.90. The Labute approximate surface area is 144 Å². The maximum Gasteiger partial charge on any atom is 0.264 e. The molecule has 1 aliphatic carbocycles. The Morgan fingerprint density at radius 3 is 2.79 bits per heavy atom. The van der Waals surface area contributed by atoms with Crippen LogP contribution in [0.1, 0.15) is 28.2 Å². The quantitative estimate of drug-likeness (QED) is 0.776. The van der Waals surface area contributed by atoms with E-state index in [1.165, 1.54) is 11.3 Å². The van der Waals surface area contributed by atoms with Crippen LogP contribution < -0.4 is 0 Å². The number of fused-ring (bicyclic) bond motifs is 1. The molecule has 2 aromatic heterocycles. The summed E-state index contributed by atoms with van der Waals surface area (Å²) in [5, 5.41) is 14.9. The fourth-order valence-electron chi connectivity index (χ4n) is 2.98. The van der Waals surface area contributed by atoms with Crippen LogP contribution >= 0.6 is 11.3 Å². The molecule has 1 aliphatic rings. The highest BCUT2D eigenvalue weighted by molar-refractivity contribution is 7.20. The van der Waals surface area contributed by atoms with E-state index in [1.54, 1.807) is 4.90 Å². The molecule has 24 heavy (non-hydrogen) atoms. The number of aliphatic hydroxyl groups is 1. The SMILES string of the molecule is Cc1nn(-c2ccccc2)c2sc(C(=O)N(CCO)C3CC3)cc12. The molecule has 0 atom stereocenters. The second kappa shape index (κ2) is 6.03. The first-order valence-corrected chi connectivity index (χ1v) is 8.97. The molecule has 0 unspecified atom stereocenters. The minimum Gasteiger partial charge on any atom is -0.395 e. The third-order valence-electron chi connectivity index (χ3n) is 4.35. The maximum atomic E-state index is 12.8. The van der Waals surface area contributed by atoms with Gasteiger partial charge in [-0.15, -0.1) is 11.3 Å². The largest absolute Gasteiger partial charge is 0.395 e. The number of aromatic nitrogens is 2. The van der Waals surface area contributed by atoms with Crippen molar-refractivity contribution in [2.24, 2.45) is 0 Å². The molecule has 1 fully saturated rings. The lowest BCUT2D eigenvalue weighted by atomic mass is 10.3. The van der Waals surface area contributed by atoms with Crippen molar-refractivity contribution in [3.63, 3.8) is 0 Å². The molecular weight excluding hydrogens is 322 g/mol. The molecule has 3 aromatic rings. The van der Waals surface area contributed by atoms with Crippen LogP contribution in [0.5, 0.6) is 0 Å². The summed E-state index contributed by atoms with van der Waals surface area (Å²) in [6.07, 6.45) is 2.07. The first-order chi connectivity index (χ1) is 11.7. The van der Waals surface area contributed by atoms with Gasteiger partial charge in [-0.25, -0.2) is 4.68 Å². The van der Waals surface area contributed by atoms with Gasteiger partial charge in [0.2, 0.25) is 0 Å². The van der Waals surface area contributed by atoms with Gasteiger partial charge in [0.05, 0.1) is 22.9 Å². The minimum absolute atomic E-state index is 0.00392. The van der Waals surface area contributed by atoms with E-state index < -0.39 is 0 Å². The molecule has 0 aliphatic heterocycles. The van der Waals surface area contributed by atoms with Crippen molar-refractivity contribution in [1.82, 2.24) is 14.7 Å². The molecule has 1 aromatic carbocycles. The average molecular weight is 341 g/mol. The highest BCUT2D eigenvalue weighted by atomic mass is 32.1. The van der Waals surface area contributed by atoms with E-state index >= 15 is 0 Å². The Balaban J connectivity index is 1.74. The van der Waals surface area contributed by atoms with Gasteiger partial charge in [-0.3, -0.25) is 4.79 Å². The number of thiophene rings is 1. The van der Waals surface area contributed by atoms with Gasteiger partial charge in [-0.1, -0.05) is 18.2 Å². The number of hydrogen-bond donors (Lipinski definition) is 1. The molecule has 1 N–H and O–H groups in total. The van der Waals surface area contributed by atoms with Crippen molar-refractivity contribution < 1.29 is 9.90 Å². The lowest BCUT2D eigenvalue weighted by Crippen LogP contribution is -2.35. The molecule has 4 rings (SSSR count). The second-order valence-corrected chi connectivity index (χ2v) is 7.15. The van der Waals surface area contributed by atoms with Crippen LogP contribution in [0.25, 0.3) is 15.9 Å². The Hall–Kier alpha value is -2.18. The van der Waals surface area contributed by atoms with E-state index in [0.717, 1.165) is 39.3 Å².